The average molecular weight is 373 g/mol. The molecule has 0 aliphatic carbocycles. The van der Waals surface area contributed by atoms with Crippen molar-refractivity contribution in [3.8, 4) is 11.3 Å². The molecule has 0 spiro atoms. The summed E-state index contributed by atoms with van der Waals surface area (Å²) in [6.45, 7) is 1.11. The van der Waals surface area contributed by atoms with E-state index in [-0.39, 0.29) is 11.5 Å². The number of fused-ring (bicyclic) bond motifs is 2. The predicted molar refractivity (Wildman–Crippen MR) is 105 cm³/mol. The van der Waals surface area contributed by atoms with Crippen LogP contribution in [0.3, 0.4) is 0 Å². The van der Waals surface area contributed by atoms with Crippen LogP contribution < -0.4 is 5.56 Å². The van der Waals surface area contributed by atoms with Crippen molar-refractivity contribution in [3.63, 3.8) is 0 Å². The van der Waals surface area contributed by atoms with Gasteiger partial charge in [0, 0.05) is 48.7 Å². The summed E-state index contributed by atoms with van der Waals surface area (Å²) in [4.78, 5) is 31.3. The van der Waals surface area contributed by atoms with Crippen LogP contribution in [-0.4, -0.2) is 43.5 Å². The fraction of sp³-hybridized carbons (Fsp3) is 0.190. The summed E-state index contributed by atoms with van der Waals surface area (Å²) in [5.41, 5.74) is 4.90. The highest BCUT2D eigenvalue weighted by atomic mass is 16.2. The molecule has 1 aliphatic heterocycles. The molecule has 4 heterocycles. The Labute approximate surface area is 160 Å². The van der Waals surface area contributed by atoms with E-state index >= 15 is 0 Å². The molecule has 0 radical (unpaired) electrons. The normalized spacial score (nSPS) is 14.1. The number of aromatic amines is 2. The van der Waals surface area contributed by atoms with Crippen molar-refractivity contribution in [2.75, 3.05) is 13.1 Å². The Morgan fingerprint density at radius 3 is 2.64 bits per heavy atom. The third-order valence-corrected chi connectivity index (χ3v) is 5.28. The standard InChI is InChI=1S/C21H19N5O2/c27-20-16-8-10-25(11-9-17(16)23-24-20)21(28)15-6-7-19-22-18(13-26(19)12-15)14-4-2-1-3-5-14/h1-7,12-13H,8-11H2,(H2,23,24,27). The third kappa shape index (κ3) is 2.81. The van der Waals surface area contributed by atoms with Gasteiger partial charge in [0.05, 0.1) is 11.3 Å². The minimum Gasteiger partial charge on any atom is -0.338 e. The molecule has 7 nitrogen and oxygen atoms in total. The van der Waals surface area contributed by atoms with Crippen LogP contribution in [0.15, 0.2) is 59.7 Å². The van der Waals surface area contributed by atoms with E-state index in [2.05, 4.69) is 15.2 Å². The molecular formula is C21H19N5O2. The number of benzene rings is 1. The van der Waals surface area contributed by atoms with E-state index in [0.717, 1.165) is 28.2 Å². The molecule has 2 N–H and O–H groups in total. The Kier molecular flexibility index (Phi) is 3.86. The molecule has 28 heavy (non-hydrogen) atoms. The highest BCUT2D eigenvalue weighted by Crippen LogP contribution is 2.20. The first-order valence-corrected chi connectivity index (χ1v) is 9.31. The molecule has 0 atom stereocenters. The van der Waals surface area contributed by atoms with Crippen LogP contribution in [0.25, 0.3) is 16.9 Å². The molecule has 1 aliphatic rings. The first-order valence-electron chi connectivity index (χ1n) is 9.31. The maximum absolute atomic E-state index is 13.0. The van der Waals surface area contributed by atoms with Gasteiger partial charge >= 0.3 is 0 Å². The number of nitrogens with zero attached hydrogens (tertiary/aromatic N) is 3. The van der Waals surface area contributed by atoms with Gasteiger partial charge in [0.2, 0.25) is 0 Å². The lowest BCUT2D eigenvalue weighted by atomic mass is 10.1. The van der Waals surface area contributed by atoms with Gasteiger partial charge < -0.3 is 14.4 Å². The Morgan fingerprint density at radius 2 is 1.79 bits per heavy atom. The Hall–Kier alpha value is -3.61. The monoisotopic (exact) mass is 373 g/mol. The van der Waals surface area contributed by atoms with Crippen molar-refractivity contribution >= 4 is 11.6 Å². The van der Waals surface area contributed by atoms with Crippen molar-refractivity contribution < 1.29 is 4.79 Å². The second-order valence-corrected chi connectivity index (χ2v) is 7.00. The van der Waals surface area contributed by atoms with Crippen LogP contribution in [0.4, 0.5) is 0 Å². The zero-order chi connectivity index (χ0) is 19.1. The van der Waals surface area contributed by atoms with E-state index in [1.54, 1.807) is 0 Å². The van der Waals surface area contributed by atoms with Crippen LogP contribution >= 0.6 is 0 Å². The van der Waals surface area contributed by atoms with Gasteiger partial charge in [-0.15, -0.1) is 0 Å². The van der Waals surface area contributed by atoms with Crippen molar-refractivity contribution in [3.05, 3.63) is 82.0 Å². The molecule has 0 saturated carbocycles. The summed E-state index contributed by atoms with van der Waals surface area (Å²) in [5.74, 6) is -0.0292. The number of pyridine rings is 1. The molecular weight excluding hydrogens is 354 g/mol. The van der Waals surface area contributed by atoms with E-state index in [1.165, 1.54) is 0 Å². The zero-order valence-electron chi connectivity index (χ0n) is 15.2. The van der Waals surface area contributed by atoms with Crippen molar-refractivity contribution in [1.29, 1.82) is 0 Å². The number of amides is 1. The van der Waals surface area contributed by atoms with Gasteiger partial charge in [0.25, 0.3) is 11.5 Å². The molecule has 5 rings (SSSR count). The van der Waals surface area contributed by atoms with E-state index in [4.69, 9.17) is 0 Å². The molecule has 1 amide bonds. The van der Waals surface area contributed by atoms with Gasteiger partial charge in [0.1, 0.15) is 5.65 Å². The van der Waals surface area contributed by atoms with Crippen LogP contribution in [0.1, 0.15) is 21.6 Å². The molecule has 4 aromatic rings. The molecule has 140 valence electrons. The van der Waals surface area contributed by atoms with Crippen molar-refractivity contribution in [1.82, 2.24) is 24.5 Å². The van der Waals surface area contributed by atoms with Gasteiger partial charge in [-0.25, -0.2) is 4.98 Å². The van der Waals surface area contributed by atoms with E-state index in [0.29, 0.717) is 31.5 Å². The quantitative estimate of drug-likeness (QED) is 0.565. The lowest BCUT2D eigenvalue weighted by Gasteiger charge is -2.20. The fourth-order valence-electron chi connectivity index (χ4n) is 3.76. The number of carbonyl (C=O) groups excluding carboxylic acids is 1. The number of hydrogen-bond acceptors (Lipinski definition) is 3. The number of hydrogen-bond donors (Lipinski definition) is 2. The van der Waals surface area contributed by atoms with Gasteiger partial charge in [-0.1, -0.05) is 30.3 Å². The van der Waals surface area contributed by atoms with E-state index in [1.807, 2.05) is 64.2 Å². The second-order valence-electron chi connectivity index (χ2n) is 7.00. The SMILES string of the molecule is O=C(c1ccc2nc(-c3ccccc3)cn2c1)N1CCc2[nH][nH]c(=O)c2CC1. The first-order chi connectivity index (χ1) is 13.7. The van der Waals surface area contributed by atoms with Crippen LogP contribution in [0, 0.1) is 0 Å². The maximum Gasteiger partial charge on any atom is 0.267 e. The number of rotatable bonds is 2. The molecule has 0 fully saturated rings. The second kappa shape index (κ2) is 6.53. The molecule has 0 saturated heterocycles. The number of aromatic nitrogens is 4. The van der Waals surface area contributed by atoms with Gasteiger partial charge in [0.15, 0.2) is 0 Å². The van der Waals surface area contributed by atoms with Gasteiger partial charge in [-0.3, -0.25) is 14.7 Å². The predicted octanol–water partition coefficient (Wildman–Crippen LogP) is 2.26. The lowest BCUT2D eigenvalue weighted by Crippen LogP contribution is -2.33. The summed E-state index contributed by atoms with van der Waals surface area (Å²) in [6.07, 6.45) is 4.97. The third-order valence-electron chi connectivity index (χ3n) is 5.28. The van der Waals surface area contributed by atoms with E-state index in [9.17, 15) is 9.59 Å². The topological polar surface area (TPSA) is 86.3 Å². The molecule has 0 bridgehead atoms. The number of nitrogens with one attached hydrogen (secondary N) is 2. The van der Waals surface area contributed by atoms with Crippen molar-refractivity contribution in [2.45, 2.75) is 12.8 Å². The minimum absolute atomic E-state index is 0.0292. The molecule has 1 aromatic carbocycles. The average Bonchev–Trinajstić information content (AvgIpc) is 3.24. The minimum atomic E-state index is -0.0856. The molecule has 0 unspecified atom stereocenters. The number of imidazole rings is 1. The number of carbonyl (C=O) groups is 1. The highest BCUT2D eigenvalue weighted by molar-refractivity contribution is 5.94. The smallest absolute Gasteiger partial charge is 0.267 e. The van der Waals surface area contributed by atoms with Gasteiger partial charge in [-0.05, 0) is 18.6 Å². The number of H-pyrrole nitrogens is 2. The maximum atomic E-state index is 13.0. The zero-order valence-corrected chi connectivity index (χ0v) is 15.2. The fourth-order valence-corrected chi connectivity index (χ4v) is 3.76. The summed E-state index contributed by atoms with van der Waals surface area (Å²) in [5, 5.41) is 5.54. The summed E-state index contributed by atoms with van der Waals surface area (Å²) < 4.78 is 1.89. The van der Waals surface area contributed by atoms with Crippen molar-refractivity contribution in [2.24, 2.45) is 0 Å². The van der Waals surface area contributed by atoms with E-state index < -0.39 is 0 Å². The van der Waals surface area contributed by atoms with Crippen LogP contribution in [0.5, 0.6) is 0 Å². The Bertz CT molecular complexity index is 1220. The van der Waals surface area contributed by atoms with Crippen LogP contribution in [0.2, 0.25) is 0 Å². The Morgan fingerprint density at radius 1 is 0.964 bits per heavy atom. The largest absolute Gasteiger partial charge is 0.338 e. The summed E-state index contributed by atoms with van der Waals surface area (Å²) in [6, 6.07) is 13.6. The van der Waals surface area contributed by atoms with Crippen LogP contribution in [-0.2, 0) is 12.8 Å². The summed E-state index contributed by atoms with van der Waals surface area (Å²) >= 11 is 0. The lowest BCUT2D eigenvalue weighted by molar-refractivity contribution is 0.0762. The Balaban J connectivity index is 1.41. The summed E-state index contributed by atoms with van der Waals surface area (Å²) in [7, 11) is 0. The first kappa shape index (κ1) is 16.6. The van der Waals surface area contributed by atoms with Gasteiger partial charge in [-0.2, -0.15) is 0 Å². The molecule has 7 heteroatoms. The highest BCUT2D eigenvalue weighted by Gasteiger charge is 2.22. The molecule has 3 aromatic heterocycles.